The second kappa shape index (κ2) is 6.97. The smallest absolute Gasteiger partial charge is 0.224 e. The molecule has 1 saturated carbocycles. The van der Waals surface area contributed by atoms with Gasteiger partial charge in [-0.1, -0.05) is 25.8 Å². The number of hydrogen-bond donors (Lipinski definition) is 3. The maximum Gasteiger partial charge on any atom is 0.224 e. The quantitative estimate of drug-likeness (QED) is 0.785. The fourth-order valence-electron chi connectivity index (χ4n) is 4.12. The summed E-state index contributed by atoms with van der Waals surface area (Å²) < 4.78 is 0. The third-order valence-corrected chi connectivity index (χ3v) is 5.53. The number of fused-ring (bicyclic) bond motifs is 1. The van der Waals surface area contributed by atoms with Gasteiger partial charge in [-0.25, -0.2) is 0 Å². The Morgan fingerprint density at radius 2 is 2.30 bits per heavy atom. The fourth-order valence-corrected chi connectivity index (χ4v) is 4.12. The zero-order valence-electron chi connectivity index (χ0n) is 13.8. The summed E-state index contributed by atoms with van der Waals surface area (Å²) in [7, 11) is 0. The summed E-state index contributed by atoms with van der Waals surface area (Å²) >= 11 is 0. The number of nitrogens with one attached hydrogen (secondary N) is 2. The Hall–Kier alpha value is -1.46. The van der Waals surface area contributed by atoms with Gasteiger partial charge >= 0.3 is 0 Å². The molecule has 2 fully saturated rings. The maximum atomic E-state index is 12.1. The third-order valence-electron chi connectivity index (χ3n) is 5.53. The molecule has 4 atom stereocenters. The lowest BCUT2D eigenvalue weighted by Gasteiger charge is -2.33. The number of aromatic nitrogens is 1. The van der Waals surface area contributed by atoms with Crippen LogP contribution in [0.1, 0.15) is 44.6 Å². The van der Waals surface area contributed by atoms with E-state index >= 15 is 0 Å². The highest BCUT2D eigenvalue weighted by Gasteiger charge is 2.48. The first kappa shape index (κ1) is 16.4. The van der Waals surface area contributed by atoms with Crippen LogP contribution < -0.4 is 10.6 Å². The fraction of sp³-hybridized carbons (Fsp3) is 0.667. The van der Waals surface area contributed by atoms with Gasteiger partial charge in [0.05, 0.1) is 12.5 Å². The van der Waals surface area contributed by atoms with Crippen LogP contribution in [0.4, 0.5) is 0 Å². The van der Waals surface area contributed by atoms with Gasteiger partial charge in [-0.05, 0) is 30.9 Å². The molecule has 126 valence electrons. The van der Waals surface area contributed by atoms with E-state index in [9.17, 15) is 9.90 Å². The van der Waals surface area contributed by atoms with Crippen LogP contribution in [0.5, 0.6) is 0 Å². The summed E-state index contributed by atoms with van der Waals surface area (Å²) in [6.07, 6.45) is 8.78. The number of nitrogens with zero attached hydrogens (tertiary/aromatic N) is 1. The standard InChI is InChI=1S/C18H27N3O2/c1-18-10-14(21-15(18)6-2-3-7-16(18)22)12-20-17(23)9-13-5-4-8-19-11-13/h4-5,8,11,14-16,21-22H,2-3,6-7,9-10,12H2,1H3,(H,20,23)/t14-,15-,16+,18-/m1/s1. The number of pyridine rings is 1. The van der Waals surface area contributed by atoms with Crippen molar-refractivity contribution < 1.29 is 9.90 Å². The Kier molecular flexibility index (Phi) is 4.97. The number of rotatable bonds is 4. The van der Waals surface area contributed by atoms with Crippen LogP contribution in [0.15, 0.2) is 24.5 Å². The minimum Gasteiger partial charge on any atom is -0.392 e. The summed E-state index contributed by atoms with van der Waals surface area (Å²) in [5.74, 6) is 0.0256. The molecular formula is C18H27N3O2. The molecule has 0 aromatic carbocycles. The van der Waals surface area contributed by atoms with E-state index in [1.807, 2.05) is 12.1 Å². The average molecular weight is 317 g/mol. The molecule has 3 N–H and O–H groups in total. The first-order valence-electron chi connectivity index (χ1n) is 8.67. The summed E-state index contributed by atoms with van der Waals surface area (Å²) in [6.45, 7) is 2.82. The third kappa shape index (κ3) is 3.72. The molecule has 3 rings (SSSR count). The number of amides is 1. The van der Waals surface area contributed by atoms with Crippen LogP contribution >= 0.6 is 0 Å². The predicted octanol–water partition coefficient (Wildman–Crippen LogP) is 1.41. The van der Waals surface area contributed by atoms with E-state index < -0.39 is 0 Å². The lowest BCUT2D eigenvalue weighted by Crippen LogP contribution is -2.43. The summed E-state index contributed by atoms with van der Waals surface area (Å²) in [4.78, 5) is 16.1. The Labute approximate surface area is 137 Å². The average Bonchev–Trinajstić information content (AvgIpc) is 2.81. The van der Waals surface area contributed by atoms with Crippen molar-refractivity contribution in [3.63, 3.8) is 0 Å². The molecule has 0 radical (unpaired) electrons. The van der Waals surface area contributed by atoms with Crippen LogP contribution in [0.3, 0.4) is 0 Å². The number of hydrogen-bond acceptors (Lipinski definition) is 4. The van der Waals surface area contributed by atoms with E-state index in [1.54, 1.807) is 12.4 Å². The van der Waals surface area contributed by atoms with Crippen LogP contribution in [-0.2, 0) is 11.2 Å². The van der Waals surface area contributed by atoms with E-state index in [1.165, 1.54) is 6.42 Å². The van der Waals surface area contributed by atoms with Gasteiger partial charge < -0.3 is 15.7 Å². The highest BCUT2D eigenvalue weighted by Crippen LogP contribution is 2.43. The van der Waals surface area contributed by atoms with Gasteiger partial charge in [-0.15, -0.1) is 0 Å². The van der Waals surface area contributed by atoms with Crippen molar-refractivity contribution in [2.24, 2.45) is 5.41 Å². The lowest BCUT2D eigenvalue weighted by atomic mass is 9.75. The van der Waals surface area contributed by atoms with Crippen molar-refractivity contribution in [3.8, 4) is 0 Å². The van der Waals surface area contributed by atoms with Gasteiger partial charge in [0.15, 0.2) is 0 Å². The maximum absolute atomic E-state index is 12.1. The SMILES string of the molecule is C[C@@]12C[C@H](CNC(=O)Cc3cccnc3)N[C@@H]1CCCC[C@@H]2O. The number of aliphatic hydroxyl groups is 1. The van der Waals surface area contributed by atoms with Gasteiger partial charge in [-0.3, -0.25) is 9.78 Å². The van der Waals surface area contributed by atoms with E-state index in [4.69, 9.17) is 0 Å². The summed E-state index contributed by atoms with van der Waals surface area (Å²) in [5.41, 5.74) is 0.867. The number of aliphatic hydroxyl groups excluding tert-OH is 1. The molecule has 0 bridgehead atoms. The van der Waals surface area contributed by atoms with E-state index in [-0.39, 0.29) is 23.5 Å². The first-order chi connectivity index (χ1) is 11.1. The zero-order chi connectivity index (χ0) is 16.3. The Morgan fingerprint density at radius 1 is 1.48 bits per heavy atom. The van der Waals surface area contributed by atoms with Crippen LogP contribution in [0.25, 0.3) is 0 Å². The molecule has 1 saturated heterocycles. The molecule has 2 heterocycles. The largest absolute Gasteiger partial charge is 0.392 e. The molecular weight excluding hydrogens is 290 g/mol. The van der Waals surface area contributed by atoms with Crippen LogP contribution in [-0.4, -0.2) is 40.7 Å². The number of carbonyl (C=O) groups is 1. The van der Waals surface area contributed by atoms with Crippen LogP contribution in [0.2, 0.25) is 0 Å². The highest BCUT2D eigenvalue weighted by atomic mass is 16.3. The Morgan fingerprint density at radius 3 is 3.09 bits per heavy atom. The van der Waals surface area contributed by atoms with Crippen molar-refractivity contribution in [2.45, 2.75) is 63.6 Å². The summed E-state index contributed by atoms with van der Waals surface area (Å²) in [6, 6.07) is 4.36. The second-order valence-corrected chi connectivity index (χ2v) is 7.27. The van der Waals surface area contributed by atoms with Crippen molar-refractivity contribution in [3.05, 3.63) is 30.1 Å². The van der Waals surface area contributed by atoms with Gasteiger partial charge in [0, 0.05) is 36.4 Å². The molecule has 1 aromatic heterocycles. The molecule has 0 unspecified atom stereocenters. The molecule has 0 spiro atoms. The van der Waals surface area contributed by atoms with Gasteiger partial charge in [0.2, 0.25) is 5.91 Å². The normalized spacial score (nSPS) is 33.7. The lowest BCUT2D eigenvalue weighted by molar-refractivity contribution is -0.120. The molecule has 5 nitrogen and oxygen atoms in total. The first-order valence-corrected chi connectivity index (χ1v) is 8.67. The van der Waals surface area contributed by atoms with E-state index in [0.29, 0.717) is 19.0 Å². The predicted molar refractivity (Wildman–Crippen MR) is 88.9 cm³/mol. The van der Waals surface area contributed by atoms with Crippen molar-refractivity contribution in [1.82, 2.24) is 15.6 Å². The highest BCUT2D eigenvalue weighted by molar-refractivity contribution is 5.78. The molecule has 1 aliphatic heterocycles. The zero-order valence-corrected chi connectivity index (χ0v) is 13.8. The van der Waals surface area contributed by atoms with Gasteiger partial charge in [0.25, 0.3) is 0 Å². The molecule has 2 aliphatic rings. The van der Waals surface area contributed by atoms with E-state index in [2.05, 4.69) is 22.5 Å². The van der Waals surface area contributed by atoms with Crippen molar-refractivity contribution in [2.75, 3.05) is 6.54 Å². The Balaban J connectivity index is 1.51. The number of carbonyl (C=O) groups excluding carboxylic acids is 1. The monoisotopic (exact) mass is 317 g/mol. The van der Waals surface area contributed by atoms with E-state index in [0.717, 1.165) is 31.2 Å². The molecule has 1 aromatic rings. The Bertz CT molecular complexity index is 536. The molecule has 1 aliphatic carbocycles. The minimum absolute atomic E-state index is 0.0256. The molecule has 5 heteroatoms. The van der Waals surface area contributed by atoms with Crippen molar-refractivity contribution in [1.29, 1.82) is 0 Å². The minimum atomic E-state index is -0.237. The molecule has 23 heavy (non-hydrogen) atoms. The molecule has 1 amide bonds. The second-order valence-electron chi connectivity index (χ2n) is 7.27. The topological polar surface area (TPSA) is 74.2 Å². The van der Waals surface area contributed by atoms with Crippen LogP contribution in [0, 0.1) is 5.41 Å². The van der Waals surface area contributed by atoms with Gasteiger partial charge in [0.1, 0.15) is 0 Å². The summed E-state index contributed by atoms with van der Waals surface area (Å²) in [5, 5.41) is 17.1. The van der Waals surface area contributed by atoms with Crippen molar-refractivity contribution >= 4 is 5.91 Å². The van der Waals surface area contributed by atoms with Gasteiger partial charge in [-0.2, -0.15) is 0 Å².